The number of amides is 1. The Labute approximate surface area is 127 Å². The zero-order valence-electron chi connectivity index (χ0n) is 13.8. The van der Waals surface area contributed by atoms with Gasteiger partial charge in [0.05, 0.1) is 5.56 Å². The number of hydrogen-bond acceptors (Lipinski definition) is 2. The maximum Gasteiger partial charge on any atom is 0.255 e. The predicted molar refractivity (Wildman–Crippen MR) is 85.5 cm³/mol. The Morgan fingerprint density at radius 3 is 2.33 bits per heavy atom. The van der Waals surface area contributed by atoms with Gasteiger partial charge in [-0.1, -0.05) is 39.3 Å². The second-order valence-corrected chi connectivity index (χ2v) is 8.10. The van der Waals surface area contributed by atoms with Crippen LogP contribution >= 0.6 is 0 Å². The Kier molecular flexibility index (Phi) is 4.05. The molecule has 0 aliphatic heterocycles. The van der Waals surface area contributed by atoms with Crippen molar-refractivity contribution in [2.45, 2.75) is 59.9 Å². The van der Waals surface area contributed by atoms with Crippen molar-refractivity contribution in [3.8, 4) is 5.75 Å². The van der Waals surface area contributed by atoms with Gasteiger partial charge in [0.25, 0.3) is 5.91 Å². The zero-order valence-corrected chi connectivity index (χ0v) is 13.8. The summed E-state index contributed by atoms with van der Waals surface area (Å²) >= 11 is 0. The Balaban J connectivity index is 2.14. The molecule has 1 aromatic rings. The molecule has 21 heavy (non-hydrogen) atoms. The van der Waals surface area contributed by atoms with E-state index in [0.29, 0.717) is 5.56 Å². The van der Waals surface area contributed by atoms with Crippen LogP contribution in [0.4, 0.5) is 0 Å². The molecule has 1 aliphatic rings. The van der Waals surface area contributed by atoms with E-state index in [4.69, 9.17) is 0 Å². The van der Waals surface area contributed by atoms with Crippen molar-refractivity contribution in [1.82, 2.24) is 5.32 Å². The number of rotatable bonds is 2. The normalized spacial score (nSPS) is 21.0. The van der Waals surface area contributed by atoms with Crippen LogP contribution in [0, 0.1) is 17.8 Å². The second kappa shape index (κ2) is 5.36. The SMILES string of the molecule is Cc1ccc(O)c(C(=O)NC2CC(C)(C)CC(C)(C)C2)c1. The van der Waals surface area contributed by atoms with Crippen molar-refractivity contribution in [1.29, 1.82) is 0 Å². The van der Waals surface area contributed by atoms with Gasteiger partial charge >= 0.3 is 0 Å². The van der Waals surface area contributed by atoms with Crippen LogP contribution in [0.3, 0.4) is 0 Å². The fourth-order valence-corrected chi connectivity index (χ4v) is 4.04. The molecule has 1 amide bonds. The van der Waals surface area contributed by atoms with Gasteiger partial charge in [-0.2, -0.15) is 0 Å². The van der Waals surface area contributed by atoms with E-state index < -0.39 is 0 Å². The van der Waals surface area contributed by atoms with Gasteiger partial charge in [-0.15, -0.1) is 0 Å². The van der Waals surface area contributed by atoms with Crippen molar-refractivity contribution in [2.75, 3.05) is 0 Å². The summed E-state index contributed by atoms with van der Waals surface area (Å²) in [4.78, 5) is 12.4. The van der Waals surface area contributed by atoms with E-state index >= 15 is 0 Å². The van der Waals surface area contributed by atoms with Gasteiger partial charge in [0.1, 0.15) is 5.75 Å². The zero-order chi connectivity index (χ0) is 15.8. The molecule has 0 bridgehead atoms. The van der Waals surface area contributed by atoms with Crippen molar-refractivity contribution >= 4 is 5.91 Å². The van der Waals surface area contributed by atoms with E-state index in [1.165, 1.54) is 6.42 Å². The number of aryl methyl sites for hydroxylation is 1. The van der Waals surface area contributed by atoms with Crippen LogP contribution in [0.2, 0.25) is 0 Å². The molecule has 116 valence electrons. The molecule has 1 fully saturated rings. The van der Waals surface area contributed by atoms with Gasteiger partial charge in [-0.05, 0) is 49.1 Å². The third kappa shape index (κ3) is 3.99. The van der Waals surface area contributed by atoms with Gasteiger partial charge in [-0.3, -0.25) is 4.79 Å². The summed E-state index contributed by atoms with van der Waals surface area (Å²) in [7, 11) is 0. The minimum absolute atomic E-state index is 0.0485. The Bertz CT molecular complexity index is 530. The third-order valence-electron chi connectivity index (χ3n) is 4.29. The number of nitrogens with one attached hydrogen (secondary N) is 1. The first kappa shape index (κ1) is 15.9. The van der Waals surface area contributed by atoms with Crippen LogP contribution in [0.1, 0.15) is 62.9 Å². The average Bonchev–Trinajstić information content (AvgIpc) is 2.27. The lowest BCUT2D eigenvalue weighted by molar-refractivity contribution is 0.0712. The molecule has 2 rings (SSSR count). The van der Waals surface area contributed by atoms with E-state index in [-0.39, 0.29) is 28.5 Å². The molecule has 3 nitrogen and oxygen atoms in total. The van der Waals surface area contributed by atoms with E-state index in [0.717, 1.165) is 18.4 Å². The molecule has 3 heteroatoms. The van der Waals surface area contributed by atoms with Gasteiger partial charge in [0.15, 0.2) is 0 Å². The largest absolute Gasteiger partial charge is 0.507 e. The number of aromatic hydroxyl groups is 1. The molecule has 1 aromatic carbocycles. The van der Waals surface area contributed by atoms with Gasteiger partial charge in [0.2, 0.25) is 0 Å². The summed E-state index contributed by atoms with van der Waals surface area (Å²) in [6, 6.07) is 5.29. The first-order valence-corrected chi connectivity index (χ1v) is 7.69. The summed E-state index contributed by atoms with van der Waals surface area (Å²) < 4.78 is 0. The topological polar surface area (TPSA) is 49.3 Å². The monoisotopic (exact) mass is 289 g/mol. The molecule has 0 spiro atoms. The molecule has 0 saturated heterocycles. The van der Waals surface area contributed by atoms with Crippen LogP contribution in [0.5, 0.6) is 5.75 Å². The molecule has 1 saturated carbocycles. The van der Waals surface area contributed by atoms with Crippen LogP contribution < -0.4 is 5.32 Å². The minimum Gasteiger partial charge on any atom is -0.507 e. The maximum atomic E-state index is 12.4. The highest BCUT2D eigenvalue weighted by Gasteiger charge is 2.39. The Morgan fingerprint density at radius 1 is 1.19 bits per heavy atom. The van der Waals surface area contributed by atoms with Crippen LogP contribution in [-0.4, -0.2) is 17.1 Å². The van der Waals surface area contributed by atoms with Crippen molar-refractivity contribution < 1.29 is 9.90 Å². The molecule has 2 N–H and O–H groups in total. The lowest BCUT2D eigenvalue weighted by Crippen LogP contribution is -2.46. The lowest BCUT2D eigenvalue weighted by atomic mass is 9.63. The molecular formula is C18H27NO2. The van der Waals surface area contributed by atoms with Gasteiger partial charge < -0.3 is 10.4 Å². The Hall–Kier alpha value is -1.51. The highest BCUT2D eigenvalue weighted by Crippen LogP contribution is 2.45. The van der Waals surface area contributed by atoms with Gasteiger partial charge in [-0.25, -0.2) is 0 Å². The molecular weight excluding hydrogens is 262 g/mol. The number of benzene rings is 1. The average molecular weight is 289 g/mol. The molecule has 0 unspecified atom stereocenters. The number of hydrogen-bond donors (Lipinski definition) is 2. The summed E-state index contributed by atoms with van der Waals surface area (Å²) in [5.41, 5.74) is 1.81. The van der Waals surface area contributed by atoms with Crippen LogP contribution in [0.25, 0.3) is 0 Å². The first-order valence-electron chi connectivity index (χ1n) is 7.69. The number of phenolic OH excluding ortho intramolecular Hbond substituents is 1. The Morgan fingerprint density at radius 2 is 1.76 bits per heavy atom. The molecule has 0 atom stereocenters. The van der Waals surface area contributed by atoms with Crippen molar-refractivity contribution in [2.24, 2.45) is 10.8 Å². The van der Waals surface area contributed by atoms with E-state index in [9.17, 15) is 9.90 Å². The summed E-state index contributed by atoms with van der Waals surface area (Å²) in [5.74, 6) is -0.123. The van der Waals surface area contributed by atoms with E-state index in [1.54, 1.807) is 18.2 Å². The van der Waals surface area contributed by atoms with E-state index in [2.05, 4.69) is 33.0 Å². The standard InChI is InChI=1S/C18H27NO2/c1-12-6-7-15(20)14(8-12)16(21)19-13-9-17(2,3)11-18(4,5)10-13/h6-8,13,20H,9-11H2,1-5H3,(H,19,21). The summed E-state index contributed by atoms with van der Waals surface area (Å²) in [6.07, 6.45) is 3.13. The maximum absolute atomic E-state index is 12.4. The van der Waals surface area contributed by atoms with E-state index in [1.807, 2.05) is 6.92 Å². The van der Waals surface area contributed by atoms with Crippen LogP contribution in [0.15, 0.2) is 18.2 Å². The van der Waals surface area contributed by atoms with Gasteiger partial charge in [0, 0.05) is 6.04 Å². The molecule has 0 aromatic heterocycles. The second-order valence-electron chi connectivity index (χ2n) is 8.10. The van der Waals surface area contributed by atoms with Crippen LogP contribution in [-0.2, 0) is 0 Å². The molecule has 0 heterocycles. The fourth-order valence-electron chi connectivity index (χ4n) is 4.04. The third-order valence-corrected chi connectivity index (χ3v) is 4.29. The van der Waals surface area contributed by atoms with Crippen molar-refractivity contribution in [3.63, 3.8) is 0 Å². The fraction of sp³-hybridized carbons (Fsp3) is 0.611. The lowest BCUT2D eigenvalue weighted by Gasteiger charge is -2.45. The highest BCUT2D eigenvalue weighted by molar-refractivity contribution is 5.97. The smallest absolute Gasteiger partial charge is 0.255 e. The predicted octanol–water partition coefficient (Wildman–Crippen LogP) is 4.04. The number of carbonyl (C=O) groups excluding carboxylic acids is 1. The highest BCUT2D eigenvalue weighted by atomic mass is 16.3. The minimum atomic E-state index is -0.172. The number of carbonyl (C=O) groups is 1. The molecule has 0 radical (unpaired) electrons. The number of phenols is 1. The first-order chi connectivity index (χ1) is 9.58. The quantitative estimate of drug-likeness (QED) is 0.863. The molecule has 1 aliphatic carbocycles. The summed E-state index contributed by atoms with van der Waals surface area (Å²) in [5, 5.41) is 13.0. The summed E-state index contributed by atoms with van der Waals surface area (Å²) in [6.45, 7) is 11.0. The van der Waals surface area contributed by atoms with Crippen molar-refractivity contribution in [3.05, 3.63) is 29.3 Å².